The Balaban J connectivity index is 1.50. The third kappa shape index (κ3) is 5.05. The molecule has 0 radical (unpaired) electrons. The number of nitrogens with zero attached hydrogens (tertiary/aromatic N) is 2. The number of para-hydroxylation sites is 2. The molecule has 0 aliphatic rings. The average Bonchev–Trinajstić information content (AvgIpc) is 3.11. The largest absolute Gasteiger partial charge is 0.488 e. The zero-order valence-corrected chi connectivity index (χ0v) is 16.8. The van der Waals surface area contributed by atoms with Gasteiger partial charge in [-0.25, -0.2) is 4.98 Å². The van der Waals surface area contributed by atoms with Crippen molar-refractivity contribution in [3.05, 3.63) is 59.6 Å². The van der Waals surface area contributed by atoms with Crippen molar-refractivity contribution in [1.82, 2.24) is 9.88 Å². The molecule has 0 aliphatic heterocycles. The molecular weight excluding hydrogens is 358 g/mol. The van der Waals surface area contributed by atoms with E-state index in [9.17, 15) is 4.79 Å². The van der Waals surface area contributed by atoms with Crippen LogP contribution in [0.25, 0.3) is 10.2 Å². The number of likely N-dealkylation sites (N-methyl/N-ethyl adjacent to an activating group) is 2. The van der Waals surface area contributed by atoms with Crippen molar-refractivity contribution < 1.29 is 14.4 Å². The highest BCUT2D eigenvalue weighted by Crippen LogP contribution is 2.28. The van der Waals surface area contributed by atoms with Gasteiger partial charge in [-0.3, -0.25) is 4.79 Å². The Morgan fingerprint density at radius 2 is 1.89 bits per heavy atom. The number of thiazole rings is 1. The summed E-state index contributed by atoms with van der Waals surface area (Å²) >= 11 is 1.65. The molecule has 1 heterocycles. The molecule has 5 nitrogen and oxygen atoms in total. The van der Waals surface area contributed by atoms with E-state index in [1.807, 2.05) is 69.6 Å². The Labute approximate surface area is 164 Å². The quantitative estimate of drug-likeness (QED) is 0.649. The van der Waals surface area contributed by atoms with Crippen molar-refractivity contribution in [3.63, 3.8) is 0 Å². The Kier molecular flexibility index (Phi) is 6.42. The highest BCUT2D eigenvalue weighted by atomic mass is 32.1. The molecule has 142 valence electrons. The fraction of sp³-hybridized carbons (Fsp3) is 0.333. The Hall–Kier alpha value is -2.44. The number of nitrogens with one attached hydrogen (secondary N) is 1. The molecule has 0 bridgehead atoms. The van der Waals surface area contributed by atoms with Gasteiger partial charge in [-0.05, 0) is 31.2 Å². The van der Waals surface area contributed by atoms with Gasteiger partial charge in [-0.15, -0.1) is 11.3 Å². The summed E-state index contributed by atoms with van der Waals surface area (Å²) in [6.45, 7) is 3.82. The maximum atomic E-state index is 12.7. The van der Waals surface area contributed by atoms with E-state index in [2.05, 4.69) is 11.1 Å². The van der Waals surface area contributed by atoms with Gasteiger partial charge in [0, 0.05) is 7.05 Å². The molecule has 1 amide bonds. The van der Waals surface area contributed by atoms with Gasteiger partial charge in [0.25, 0.3) is 5.91 Å². The van der Waals surface area contributed by atoms with Crippen LogP contribution in [-0.4, -0.2) is 49.6 Å². The minimum absolute atomic E-state index is 0.0386. The molecule has 0 aliphatic carbocycles. The lowest BCUT2D eigenvalue weighted by Crippen LogP contribution is -3.10. The molecule has 0 fully saturated rings. The van der Waals surface area contributed by atoms with E-state index < -0.39 is 0 Å². The Morgan fingerprint density at radius 3 is 2.63 bits per heavy atom. The predicted octanol–water partition coefficient (Wildman–Crippen LogP) is 2.41. The fourth-order valence-electron chi connectivity index (χ4n) is 2.78. The summed E-state index contributed by atoms with van der Waals surface area (Å²) < 4.78 is 6.87. The minimum atomic E-state index is -0.0386. The van der Waals surface area contributed by atoms with Gasteiger partial charge in [0.05, 0.1) is 23.3 Å². The normalized spacial score (nSPS) is 13.3. The van der Waals surface area contributed by atoms with Crippen LogP contribution in [0.15, 0.2) is 54.6 Å². The first-order valence-corrected chi connectivity index (χ1v) is 9.96. The van der Waals surface area contributed by atoms with Gasteiger partial charge in [-0.2, -0.15) is 0 Å². The van der Waals surface area contributed by atoms with Crippen molar-refractivity contribution >= 4 is 27.5 Å². The standard InChI is InChI=1S/C21H25N3O2S/c1-16(21-22-18-11-7-8-12-19(18)27-21)24(3)20(25)15-23(2)13-14-26-17-9-5-4-6-10-17/h4-12,16H,13-15H2,1-3H3/p+1/t16-/m1/s1. The second kappa shape index (κ2) is 8.97. The van der Waals surface area contributed by atoms with Crippen LogP contribution < -0.4 is 9.64 Å². The van der Waals surface area contributed by atoms with Gasteiger partial charge < -0.3 is 14.5 Å². The first-order chi connectivity index (χ1) is 13.0. The van der Waals surface area contributed by atoms with E-state index >= 15 is 0 Å². The topological polar surface area (TPSA) is 46.9 Å². The van der Waals surface area contributed by atoms with Gasteiger partial charge in [0.15, 0.2) is 6.54 Å². The van der Waals surface area contributed by atoms with Crippen molar-refractivity contribution in [2.75, 3.05) is 33.8 Å². The molecule has 0 spiro atoms. The molecule has 0 saturated carbocycles. The summed E-state index contributed by atoms with van der Waals surface area (Å²) in [6, 6.07) is 17.8. The van der Waals surface area contributed by atoms with Crippen LogP contribution in [0.4, 0.5) is 0 Å². The van der Waals surface area contributed by atoms with Crippen LogP contribution in [0.2, 0.25) is 0 Å². The van der Waals surface area contributed by atoms with Crippen molar-refractivity contribution in [3.8, 4) is 5.75 Å². The molecule has 1 unspecified atom stereocenters. The zero-order chi connectivity index (χ0) is 19.2. The average molecular weight is 385 g/mol. The fourth-order valence-corrected chi connectivity index (χ4v) is 3.84. The van der Waals surface area contributed by atoms with Crippen LogP contribution in [0.5, 0.6) is 5.75 Å². The maximum absolute atomic E-state index is 12.7. The van der Waals surface area contributed by atoms with Crippen LogP contribution in [0.1, 0.15) is 18.0 Å². The second-order valence-corrected chi connectivity index (χ2v) is 7.81. The van der Waals surface area contributed by atoms with Crippen LogP contribution in [0, 0.1) is 0 Å². The molecule has 1 N–H and O–H groups in total. The summed E-state index contributed by atoms with van der Waals surface area (Å²) in [4.78, 5) is 20.2. The van der Waals surface area contributed by atoms with E-state index in [4.69, 9.17) is 4.74 Å². The maximum Gasteiger partial charge on any atom is 0.278 e. The Morgan fingerprint density at radius 1 is 1.19 bits per heavy atom. The van der Waals surface area contributed by atoms with Crippen LogP contribution in [-0.2, 0) is 4.79 Å². The van der Waals surface area contributed by atoms with Crippen LogP contribution >= 0.6 is 11.3 Å². The van der Waals surface area contributed by atoms with Gasteiger partial charge >= 0.3 is 0 Å². The molecule has 3 rings (SSSR count). The monoisotopic (exact) mass is 384 g/mol. The molecular formula is C21H26N3O2S+. The van der Waals surface area contributed by atoms with Crippen molar-refractivity contribution in [1.29, 1.82) is 0 Å². The molecule has 2 atom stereocenters. The SMILES string of the molecule is C[C@H](c1nc2ccccc2s1)N(C)C(=O)C[NH+](C)CCOc1ccccc1. The van der Waals surface area contributed by atoms with Crippen LogP contribution in [0.3, 0.4) is 0 Å². The van der Waals surface area contributed by atoms with Crippen molar-refractivity contribution in [2.24, 2.45) is 0 Å². The van der Waals surface area contributed by atoms with Crippen molar-refractivity contribution in [2.45, 2.75) is 13.0 Å². The number of hydrogen-bond acceptors (Lipinski definition) is 4. The smallest absolute Gasteiger partial charge is 0.278 e. The minimum Gasteiger partial charge on any atom is -0.488 e. The number of carbonyl (C=O) groups is 1. The predicted molar refractivity (Wildman–Crippen MR) is 109 cm³/mol. The molecule has 3 aromatic rings. The second-order valence-electron chi connectivity index (χ2n) is 6.75. The third-order valence-electron chi connectivity index (χ3n) is 4.64. The summed E-state index contributed by atoms with van der Waals surface area (Å²) in [7, 11) is 3.87. The van der Waals surface area contributed by atoms with Gasteiger partial charge in [0.2, 0.25) is 0 Å². The zero-order valence-electron chi connectivity index (χ0n) is 16.0. The number of aromatic nitrogens is 1. The number of amides is 1. The first-order valence-electron chi connectivity index (χ1n) is 9.15. The number of carbonyl (C=O) groups excluding carboxylic acids is 1. The van der Waals surface area contributed by atoms with E-state index in [1.54, 1.807) is 16.2 Å². The number of benzene rings is 2. The number of quaternary nitrogens is 1. The summed E-state index contributed by atoms with van der Waals surface area (Å²) in [5, 5.41) is 0.970. The lowest BCUT2D eigenvalue weighted by atomic mass is 10.3. The highest BCUT2D eigenvalue weighted by molar-refractivity contribution is 7.18. The lowest BCUT2D eigenvalue weighted by molar-refractivity contribution is -0.871. The lowest BCUT2D eigenvalue weighted by Gasteiger charge is -2.24. The highest BCUT2D eigenvalue weighted by Gasteiger charge is 2.23. The van der Waals surface area contributed by atoms with E-state index in [0.717, 1.165) is 32.4 Å². The number of ether oxygens (including phenoxy) is 1. The molecule has 1 aromatic heterocycles. The molecule has 27 heavy (non-hydrogen) atoms. The number of fused-ring (bicyclic) bond motifs is 1. The Bertz CT molecular complexity index is 848. The number of rotatable bonds is 8. The first kappa shape index (κ1) is 19.3. The third-order valence-corrected chi connectivity index (χ3v) is 5.84. The number of hydrogen-bond donors (Lipinski definition) is 1. The summed E-state index contributed by atoms with van der Waals surface area (Å²) in [6.07, 6.45) is 0. The summed E-state index contributed by atoms with van der Waals surface area (Å²) in [5.74, 6) is 0.970. The van der Waals surface area contributed by atoms with E-state index in [1.165, 1.54) is 0 Å². The summed E-state index contributed by atoms with van der Waals surface area (Å²) in [5.41, 5.74) is 0.992. The van der Waals surface area contributed by atoms with E-state index in [-0.39, 0.29) is 11.9 Å². The molecule has 0 saturated heterocycles. The van der Waals surface area contributed by atoms with Gasteiger partial charge in [-0.1, -0.05) is 30.3 Å². The van der Waals surface area contributed by atoms with E-state index in [0.29, 0.717) is 13.2 Å². The molecule has 6 heteroatoms. The molecule has 2 aromatic carbocycles. The van der Waals surface area contributed by atoms with Gasteiger partial charge in [0.1, 0.15) is 23.9 Å².